The molecule has 4 atom stereocenters. The van der Waals surface area contributed by atoms with Gasteiger partial charge in [-0.3, -0.25) is 9.17 Å². The van der Waals surface area contributed by atoms with Crippen LogP contribution in [0.1, 0.15) is 52.0 Å². The number of nitrogens with two attached hydrogens (primary N) is 1. The van der Waals surface area contributed by atoms with Crippen LogP contribution in [-0.4, -0.2) is 43.5 Å². The molecule has 0 aliphatic heterocycles. The number of anilines is 1. The Balaban J connectivity index is 2.26. The maximum Gasteiger partial charge on any atom is 0.407 e. The lowest BCUT2D eigenvalue weighted by Gasteiger charge is -2.40. The Labute approximate surface area is 161 Å². The summed E-state index contributed by atoms with van der Waals surface area (Å²) < 4.78 is 34.1. The van der Waals surface area contributed by atoms with Crippen molar-refractivity contribution in [3.8, 4) is 0 Å². The topological polar surface area (TPSA) is 121 Å². The molecule has 9 heteroatoms. The lowest BCUT2D eigenvalue weighted by Crippen LogP contribution is -2.52. The average Bonchev–Trinajstić information content (AvgIpc) is 2.48. The number of hydrogen-bond donors (Lipinski definition) is 2. The Bertz CT molecular complexity index is 775. The number of carbonyl (C=O) groups is 1. The van der Waals surface area contributed by atoms with Crippen molar-refractivity contribution in [2.45, 2.75) is 64.2 Å². The fourth-order valence-corrected chi connectivity index (χ4v) is 4.25. The van der Waals surface area contributed by atoms with Crippen LogP contribution in [-0.2, 0) is 19.0 Å². The van der Waals surface area contributed by atoms with E-state index in [1.807, 2.05) is 13.0 Å². The van der Waals surface area contributed by atoms with Gasteiger partial charge >= 0.3 is 6.09 Å². The van der Waals surface area contributed by atoms with Crippen molar-refractivity contribution in [2.24, 2.45) is 5.92 Å². The molecule has 1 amide bonds. The molecule has 2 rings (SSSR count). The molecule has 8 nitrogen and oxygen atoms in total. The number of alkyl carbamates (subject to hydrolysis) is 1. The summed E-state index contributed by atoms with van der Waals surface area (Å²) in [6.07, 6.45) is 4.16. The highest BCUT2D eigenvalue weighted by Crippen LogP contribution is 2.40. The molecule has 152 valence electrons. The number of hydrogen-bond acceptors (Lipinski definition) is 7. The minimum atomic E-state index is -3.68. The summed E-state index contributed by atoms with van der Waals surface area (Å²) >= 11 is 0. The van der Waals surface area contributed by atoms with Crippen molar-refractivity contribution >= 4 is 21.9 Å². The van der Waals surface area contributed by atoms with Crippen molar-refractivity contribution < 1.29 is 22.1 Å². The molecule has 0 radical (unpaired) electrons. The number of rotatable bonds is 4. The second-order valence-electron chi connectivity index (χ2n) is 8.17. The fourth-order valence-electron chi connectivity index (χ4n) is 3.52. The van der Waals surface area contributed by atoms with Crippen molar-refractivity contribution in [1.82, 2.24) is 10.3 Å². The van der Waals surface area contributed by atoms with Gasteiger partial charge in [-0.05, 0) is 57.1 Å². The van der Waals surface area contributed by atoms with Gasteiger partial charge in [0.05, 0.1) is 30.3 Å². The molecule has 0 unspecified atom stereocenters. The van der Waals surface area contributed by atoms with Crippen molar-refractivity contribution in [3.63, 3.8) is 0 Å². The molecule has 0 aromatic carbocycles. The molecule has 1 heterocycles. The first-order valence-electron chi connectivity index (χ1n) is 8.93. The molecule has 1 aliphatic carbocycles. The summed E-state index contributed by atoms with van der Waals surface area (Å²) in [4.78, 5) is 16.3. The monoisotopic (exact) mass is 399 g/mol. The predicted molar refractivity (Wildman–Crippen MR) is 103 cm³/mol. The Morgan fingerprint density at radius 1 is 1.33 bits per heavy atom. The van der Waals surface area contributed by atoms with Crippen molar-refractivity contribution in [1.29, 1.82) is 0 Å². The van der Waals surface area contributed by atoms with Crippen molar-refractivity contribution in [3.05, 3.63) is 24.0 Å². The third-order valence-electron chi connectivity index (χ3n) is 4.47. The molecule has 1 aromatic rings. The van der Waals surface area contributed by atoms with Gasteiger partial charge in [0.1, 0.15) is 5.60 Å². The molecule has 27 heavy (non-hydrogen) atoms. The predicted octanol–water partition coefficient (Wildman–Crippen LogP) is 2.42. The quantitative estimate of drug-likeness (QED) is 0.746. The zero-order valence-corrected chi connectivity index (χ0v) is 17.2. The van der Waals surface area contributed by atoms with E-state index in [4.69, 9.17) is 14.7 Å². The van der Waals surface area contributed by atoms with E-state index in [2.05, 4.69) is 10.3 Å². The molecule has 0 saturated heterocycles. The molecule has 1 aliphatic rings. The molecule has 0 spiro atoms. The molecule has 1 fully saturated rings. The zero-order chi connectivity index (χ0) is 20.4. The third-order valence-corrected chi connectivity index (χ3v) is 5.04. The van der Waals surface area contributed by atoms with Crippen LogP contribution < -0.4 is 11.1 Å². The Hall–Kier alpha value is -1.87. The van der Waals surface area contributed by atoms with Gasteiger partial charge < -0.3 is 15.8 Å². The van der Waals surface area contributed by atoms with E-state index < -0.39 is 34.0 Å². The van der Waals surface area contributed by atoms with Gasteiger partial charge in [0, 0.05) is 6.20 Å². The fraction of sp³-hybridized carbons (Fsp3) is 0.667. The standard InChI is InChI=1S/C18H29N3O5S/c1-11-8-12(13-6-7-20-10-14(13)19)9-15(16(11)26-27(5,23)24)21-17(22)25-18(2,3)4/h6-7,10-12,15-16H,8-9,19H2,1-5H3,(H,21,22)/t11-,12+,15-,16-/m0/s1. The van der Waals surface area contributed by atoms with Gasteiger partial charge in [-0.1, -0.05) is 6.92 Å². The van der Waals surface area contributed by atoms with E-state index in [0.29, 0.717) is 18.5 Å². The van der Waals surface area contributed by atoms with Crippen LogP contribution in [0.2, 0.25) is 0 Å². The van der Waals surface area contributed by atoms with E-state index >= 15 is 0 Å². The molecule has 0 bridgehead atoms. The van der Waals surface area contributed by atoms with Gasteiger partial charge in [-0.2, -0.15) is 8.42 Å². The van der Waals surface area contributed by atoms with E-state index in [1.54, 1.807) is 33.2 Å². The van der Waals surface area contributed by atoms with E-state index in [9.17, 15) is 13.2 Å². The molecule has 1 aromatic heterocycles. The normalized spacial score (nSPS) is 26.4. The molecule has 3 N–H and O–H groups in total. The summed E-state index contributed by atoms with van der Waals surface area (Å²) in [5, 5.41) is 2.79. The smallest absolute Gasteiger partial charge is 0.407 e. The molecule has 1 saturated carbocycles. The summed E-state index contributed by atoms with van der Waals surface area (Å²) in [5.41, 5.74) is 6.91. The van der Waals surface area contributed by atoms with Crippen LogP contribution >= 0.6 is 0 Å². The summed E-state index contributed by atoms with van der Waals surface area (Å²) in [7, 11) is -3.68. The summed E-state index contributed by atoms with van der Waals surface area (Å²) in [6, 6.07) is 1.32. The highest BCUT2D eigenvalue weighted by molar-refractivity contribution is 7.86. The summed E-state index contributed by atoms with van der Waals surface area (Å²) in [6.45, 7) is 7.20. The van der Waals surface area contributed by atoms with Gasteiger partial charge in [0.15, 0.2) is 0 Å². The van der Waals surface area contributed by atoms with Gasteiger partial charge in [0.2, 0.25) is 0 Å². The minimum absolute atomic E-state index is 0.0438. The van der Waals surface area contributed by atoms with Crippen molar-refractivity contribution in [2.75, 3.05) is 12.0 Å². The second-order valence-corrected chi connectivity index (χ2v) is 9.77. The van der Waals surface area contributed by atoms with Crippen LogP contribution in [0.15, 0.2) is 18.5 Å². The van der Waals surface area contributed by atoms with E-state index in [-0.39, 0.29) is 11.8 Å². The maximum absolute atomic E-state index is 12.3. The Morgan fingerprint density at radius 2 is 2.00 bits per heavy atom. The van der Waals surface area contributed by atoms with Gasteiger partial charge in [0.25, 0.3) is 10.1 Å². The number of aromatic nitrogens is 1. The number of pyridine rings is 1. The number of ether oxygens (including phenoxy) is 1. The molecular weight excluding hydrogens is 370 g/mol. The number of nitrogens with zero attached hydrogens (tertiary/aromatic N) is 1. The van der Waals surface area contributed by atoms with Gasteiger partial charge in [-0.15, -0.1) is 0 Å². The SMILES string of the molecule is C[C@H]1C[C@@H](c2ccncc2N)C[C@H](NC(=O)OC(C)(C)C)[C@H]1OS(C)(=O)=O. The first kappa shape index (κ1) is 21.4. The zero-order valence-electron chi connectivity index (χ0n) is 16.4. The second kappa shape index (κ2) is 8.02. The number of carbonyl (C=O) groups excluding carboxylic acids is 1. The Kier molecular flexibility index (Phi) is 6.36. The first-order valence-corrected chi connectivity index (χ1v) is 10.7. The van der Waals surface area contributed by atoms with Crippen LogP contribution in [0.4, 0.5) is 10.5 Å². The maximum atomic E-state index is 12.3. The number of amides is 1. The van der Waals surface area contributed by atoms with E-state index in [0.717, 1.165) is 11.8 Å². The third kappa shape index (κ3) is 6.35. The largest absolute Gasteiger partial charge is 0.444 e. The lowest BCUT2D eigenvalue weighted by atomic mass is 9.74. The highest BCUT2D eigenvalue weighted by Gasteiger charge is 2.40. The number of nitrogens with one attached hydrogen (secondary N) is 1. The first-order chi connectivity index (χ1) is 12.4. The highest BCUT2D eigenvalue weighted by atomic mass is 32.2. The van der Waals surface area contributed by atoms with Crippen LogP contribution in [0.3, 0.4) is 0 Å². The van der Waals surface area contributed by atoms with Crippen LogP contribution in [0.25, 0.3) is 0 Å². The number of nitrogen functional groups attached to an aromatic ring is 1. The van der Waals surface area contributed by atoms with E-state index in [1.165, 1.54) is 0 Å². The van der Waals surface area contributed by atoms with Crippen LogP contribution in [0, 0.1) is 5.92 Å². The molecular formula is C18H29N3O5S. The lowest BCUT2D eigenvalue weighted by molar-refractivity contribution is 0.0295. The minimum Gasteiger partial charge on any atom is -0.444 e. The average molecular weight is 400 g/mol. The summed E-state index contributed by atoms with van der Waals surface area (Å²) in [5.74, 6) is -0.0756. The Morgan fingerprint density at radius 3 is 2.56 bits per heavy atom. The van der Waals surface area contributed by atoms with Crippen LogP contribution in [0.5, 0.6) is 0 Å². The van der Waals surface area contributed by atoms with Gasteiger partial charge in [-0.25, -0.2) is 4.79 Å².